The average Bonchev–Trinajstić information content (AvgIpc) is 2.89. The van der Waals surface area contributed by atoms with Gasteiger partial charge in [-0.25, -0.2) is 0 Å². The second-order valence-electron chi connectivity index (χ2n) is 7.82. The van der Waals surface area contributed by atoms with Crippen molar-refractivity contribution in [1.82, 2.24) is 4.90 Å². The molecule has 4 heteroatoms. The molecule has 3 fully saturated rings. The summed E-state index contributed by atoms with van der Waals surface area (Å²) < 4.78 is 6.12. The minimum absolute atomic E-state index is 0.0956. The van der Waals surface area contributed by atoms with Crippen molar-refractivity contribution < 1.29 is 9.84 Å². The predicted octanol–water partition coefficient (Wildman–Crippen LogP) is 2.77. The lowest BCUT2D eigenvalue weighted by molar-refractivity contribution is -0.147. The van der Waals surface area contributed by atoms with E-state index in [2.05, 4.69) is 18.7 Å². The highest BCUT2D eigenvalue weighted by Gasteiger charge is 2.48. The molecule has 122 valence electrons. The topological polar surface area (TPSA) is 32.7 Å². The molecule has 3 rings (SSSR count). The summed E-state index contributed by atoms with van der Waals surface area (Å²) in [5, 5.41) is 11.2. The SMILES string of the molecule is CC(C)CN1CCC(O)(C2CCOC3(CCSC3)C2)CC1. The molecule has 0 radical (unpaired) electrons. The third-order valence-corrected chi connectivity index (χ3v) is 6.89. The van der Waals surface area contributed by atoms with E-state index in [4.69, 9.17) is 4.74 Å². The normalized spacial score (nSPS) is 37.4. The Balaban J connectivity index is 1.58. The van der Waals surface area contributed by atoms with Gasteiger partial charge in [0, 0.05) is 32.0 Å². The molecule has 0 aromatic carbocycles. The van der Waals surface area contributed by atoms with Crippen molar-refractivity contribution in [1.29, 1.82) is 0 Å². The Bertz CT molecular complexity index is 347. The van der Waals surface area contributed by atoms with Gasteiger partial charge in [0.2, 0.25) is 0 Å². The molecule has 2 atom stereocenters. The Morgan fingerprint density at radius 1 is 1.29 bits per heavy atom. The van der Waals surface area contributed by atoms with Crippen molar-refractivity contribution in [3.8, 4) is 0 Å². The molecule has 3 heterocycles. The average molecular weight is 314 g/mol. The smallest absolute Gasteiger partial charge is 0.0784 e. The highest BCUT2D eigenvalue weighted by atomic mass is 32.2. The number of rotatable bonds is 3. The molecule has 3 aliphatic heterocycles. The van der Waals surface area contributed by atoms with Gasteiger partial charge in [-0.05, 0) is 49.7 Å². The zero-order chi connectivity index (χ0) is 14.9. The summed E-state index contributed by atoms with van der Waals surface area (Å²) in [6.45, 7) is 8.71. The van der Waals surface area contributed by atoms with E-state index in [1.54, 1.807) is 0 Å². The van der Waals surface area contributed by atoms with Crippen molar-refractivity contribution in [3.05, 3.63) is 0 Å². The Morgan fingerprint density at radius 3 is 2.67 bits per heavy atom. The molecule has 1 spiro atoms. The number of hydrogen-bond acceptors (Lipinski definition) is 4. The van der Waals surface area contributed by atoms with Crippen molar-refractivity contribution in [2.45, 2.75) is 57.2 Å². The number of piperidine rings is 1. The molecule has 3 saturated heterocycles. The van der Waals surface area contributed by atoms with Crippen LogP contribution in [0.15, 0.2) is 0 Å². The first kappa shape index (κ1) is 16.1. The summed E-state index contributed by atoms with van der Waals surface area (Å²) >= 11 is 2.02. The second-order valence-corrected chi connectivity index (χ2v) is 8.93. The van der Waals surface area contributed by atoms with E-state index in [0.717, 1.165) is 57.1 Å². The van der Waals surface area contributed by atoms with Gasteiger partial charge in [-0.2, -0.15) is 11.8 Å². The molecule has 2 unspecified atom stereocenters. The van der Waals surface area contributed by atoms with E-state index < -0.39 is 5.60 Å². The monoisotopic (exact) mass is 313 g/mol. The first-order valence-corrected chi connectivity index (χ1v) is 9.83. The number of likely N-dealkylation sites (tertiary alicyclic amines) is 1. The van der Waals surface area contributed by atoms with Crippen LogP contribution in [0.2, 0.25) is 0 Å². The van der Waals surface area contributed by atoms with Crippen molar-refractivity contribution in [2.24, 2.45) is 11.8 Å². The third kappa shape index (κ3) is 3.60. The molecular weight excluding hydrogens is 282 g/mol. The summed E-state index contributed by atoms with van der Waals surface area (Å²) in [6, 6.07) is 0. The van der Waals surface area contributed by atoms with Gasteiger partial charge in [-0.1, -0.05) is 13.8 Å². The lowest BCUT2D eigenvalue weighted by atomic mass is 9.71. The summed E-state index contributed by atoms with van der Waals surface area (Å²) in [4.78, 5) is 2.53. The number of ether oxygens (including phenoxy) is 1. The van der Waals surface area contributed by atoms with Crippen molar-refractivity contribution >= 4 is 11.8 Å². The molecule has 0 bridgehead atoms. The first-order valence-electron chi connectivity index (χ1n) is 8.68. The molecular formula is C17H31NO2S. The zero-order valence-corrected chi connectivity index (χ0v) is 14.5. The molecule has 0 aromatic rings. The lowest BCUT2D eigenvalue weighted by Gasteiger charge is -2.48. The zero-order valence-electron chi connectivity index (χ0n) is 13.6. The van der Waals surface area contributed by atoms with Crippen LogP contribution in [0, 0.1) is 11.8 Å². The van der Waals surface area contributed by atoms with Gasteiger partial charge < -0.3 is 14.7 Å². The molecule has 0 aliphatic carbocycles. The van der Waals surface area contributed by atoms with Crippen LogP contribution in [0.25, 0.3) is 0 Å². The van der Waals surface area contributed by atoms with Crippen molar-refractivity contribution in [3.63, 3.8) is 0 Å². The molecule has 3 aliphatic rings. The first-order chi connectivity index (χ1) is 10.0. The number of thioether (sulfide) groups is 1. The van der Waals surface area contributed by atoms with Gasteiger partial charge in [-0.3, -0.25) is 0 Å². The maximum Gasteiger partial charge on any atom is 0.0784 e. The fraction of sp³-hybridized carbons (Fsp3) is 1.00. The van der Waals surface area contributed by atoms with Gasteiger partial charge >= 0.3 is 0 Å². The Kier molecular flexibility index (Phi) is 4.90. The quantitative estimate of drug-likeness (QED) is 0.868. The predicted molar refractivity (Wildman–Crippen MR) is 88.8 cm³/mol. The summed E-state index contributed by atoms with van der Waals surface area (Å²) in [6.07, 6.45) is 5.22. The molecule has 3 nitrogen and oxygen atoms in total. The van der Waals surface area contributed by atoms with Crippen LogP contribution < -0.4 is 0 Å². The van der Waals surface area contributed by atoms with Gasteiger partial charge in [0.1, 0.15) is 0 Å². The van der Waals surface area contributed by atoms with Crippen LogP contribution in [-0.2, 0) is 4.74 Å². The number of hydrogen-bond donors (Lipinski definition) is 1. The third-order valence-electron chi connectivity index (χ3n) is 5.67. The van der Waals surface area contributed by atoms with E-state index in [1.807, 2.05) is 11.8 Å². The van der Waals surface area contributed by atoms with Crippen LogP contribution in [-0.4, -0.2) is 59.0 Å². The van der Waals surface area contributed by atoms with Gasteiger partial charge in [-0.15, -0.1) is 0 Å². The number of nitrogens with zero attached hydrogens (tertiary/aromatic N) is 1. The van der Waals surface area contributed by atoms with Crippen LogP contribution in [0.5, 0.6) is 0 Å². The van der Waals surface area contributed by atoms with Crippen LogP contribution >= 0.6 is 11.8 Å². The molecule has 0 saturated carbocycles. The Labute approximate surface area is 133 Å². The maximum absolute atomic E-state index is 11.2. The standard InChI is InChI=1S/C17H31NO2S/c1-14(2)12-18-7-4-17(19,5-8-18)15-3-9-20-16(11-15)6-10-21-13-16/h14-15,19H,3-13H2,1-2H3. The summed E-state index contributed by atoms with van der Waals surface area (Å²) in [5.41, 5.74) is -0.337. The summed E-state index contributed by atoms with van der Waals surface area (Å²) in [5.74, 6) is 3.54. The molecule has 1 N–H and O–H groups in total. The van der Waals surface area contributed by atoms with E-state index in [1.165, 1.54) is 18.7 Å². The van der Waals surface area contributed by atoms with E-state index in [-0.39, 0.29) is 5.60 Å². The Hall–Kier alpha value is 0.230. The van der Waals surface area contributed by atoms with Crippen LogP contribution in [0.3, 0.4) is 0 Å². The fourth-order valence-corrected chi connectivity index (χ4v) is 5.78. The molecule has 21 heavy (non-hydrogen) atoms. The summed E-state index contributed by atoms with van der Waals surface area (Å²) in [7, 11) is 0. The molecule has 0 aromatic heterocycles. The largest absolute Gasteiger partial charge is 0.389 e. The van der Waals surface area contributed by atoms with Gasteiger partial charge in [0.15, 0.2) is 0 Å². The van der Waals surface area contributed by atoms with Crippen LogP contribution in [0.1, 0.15) is 46.0 Å². The van der Waals surface area contributed by atoms with Gasteiger partial charge in [0.25, 0.3) is 0 Å². The van der Waals surface area contributed by atoms with Gasteiger partial charge in [0.05, 0.1) is 11.2 Å². The van der Waals surface area contributed by atoms with Crippen LogP contribution in [0.4, 0.5) is 0 Å². The minimum atomic E-state index is -0.433. The Morgan fingerprint density at radius 2 is 2.05 bits per heavy atom. The van der Waals surface area contributed by atoms with E-state index in [0.29, 0.717) is 5.92 Å². The fourth-order valence-electron chi connectivity index (χ4n) is 4.40. The molecule has 0 amide bonds. The number of aliphatic hydroxyl groups is 1. The minimum Gasteiger partial charge on any atom is -0.389 e. The lowest BCUT2D eigenvalue weighted by Crippen LogP contribution is -2.54. The van der Waals surface area contributed by atoms with E-state index in [9.17, 15) is 5.11 Å². The second kappa shape index (κ2) is 6.38. The maximum atomic E-state index is 11.2. The highest BCUT2D eigenvalue weighted by molar-refractivity contribution is 7.99. The van der Waals surface area contributed by atoms with Crippen molar-refractivity contribution in [2.75, 3.05) is 37.7 Å². The van der Waals surface area contributed by atoms with E-state index >= 15 is 0 Å². The highest BCUT2D eigenvalue weighted by Crippen LogP contribution is 2.45.